The SMILES string of the molecule is [B]C1CC(O)C([CH2-])O1.[B]C1C[CH-]C([CH2-])O1.[B]CC(=O)N(CCN)CC(=O)NCCN(CC(=O)NCCCCOP(C)(=O)OCC1[CH-]CC([B])O1)C(=O)C[B].[PH]=[W].[PH]=[W].[U].[U].[V].[V].[Y].[Y]. The van der Waals surface area contributed by atoms with Gasteiger partial charge < -0.3 is 74.8 Å². The molecule has 3 saturated heterocycles. The van der Waals surface area contributed by atoms with Gasteiger partial charge in [0.05, 0.1) is 48.1 Å². The van der Waals surface area contributed by atoms with Crippen LogP contribution in [-0.2, 0) is 187 Å². The number of rotatable bonds is 20. The van der Waals surface area contributed by atoms with Gasteiger partial charge in [0, 0.05) is 210 Å². The summed E-state index contributed by atoms with van der Waals surface area (Å²) in [6.07, 6.45) is 5.21. The maximum absolute atomic E-state index is 12.3. The average Bonchev–Trinajstić information content (AvgIpc) is 3.89. The van der Waals surface area contributed by atoms with Crippen molar-refractivity contribution >= 4 is 84.2 Å². The third-order valence-corrected chi connectivity index (χ3v) is 9.00. The Bertz CT molecular complexity index is 1240. The number of ether oxygens (including phenoxy) is 3. The number of nitrogens with two attached hydrogens (primary N) is 1. The van der Waals surface area contributed by atoms with Crippen molar-refractivity contribution in [2.24, 2.45) is 5.73 Å². The topological polar surface area (TPSA) is 208 Å². The van der Waals surface area contributed by atoms with E-state index >= 15 is 0 Å². The van der Waals surface area contributed by atoms with Crippen LogP contribution in [0, 0.1) is 88.9 Å². The van der Waals surface area contributed by atoms with Crippen molar-refractivity contribution in [2.75, 3.05) is 65.7 Å². The minimum absolute atomic E-state index is 0. The smallest absolute Gasteiger partial charge is 0 e. The molecule has 64 heavy (non-hydrogen) atoms. The Balaban J connectivity index is -0.000000173. The molecule has 32 heteroatoms. The molecular weight excluding hydrogens is 1900 g/mol. The summed E-state index contributed by atoms with van der Waals surface area (Å²) in [5.41, 5.74) is 5.45. The molecule has 0 saturated carbocycles. The first-order chi connectivity index (χ1) is 27.5. The van der Waals surface area contributed by atoms with E-state index in [0.717, 1.165) is 6.42 Å². The number of hydrogen-bond donors (Lipinski definition) is 4. The van der Waals surface area contributed by atoms with Gasteiger partial charge in [0.2, 0.25) is 23.6 Å². The molecule has 14 radical (unpaired) electrons. The molecule has 3 rings (SSSR count). The zero-order chi connectivity index (χ0) is 44.7. The van der Waals surface area contributed by atoms with Gasteiger partial charge in [-0.2, -0.15) is 18.9 Å². The van der Waals surface area contributed by atoms with Crippen LogP contribution in [0.4, 0.5) is 0 Å². The minimum Gasteiger partial charge on any atom is 0 e. The van der Waals surface area contributed by atoms with Crippen LogP contribution in [0.2, 0.25) is 12.6 Å². The Morgan fingerprint density at radius 3 is 1.67 bits per heavy atom. The third kappa shape index (κ3) is 46.2. The Hall–Kier alpha value is 5.61. The van der Waals surface area contributed by atoms with E-state index in [0.29, 0.717) is 32.2 Å². The molecule has 0 bridgehead atoms. The number of amides is 4. The van der Waals surface area contributed by atoms with Crippen molar-refractivity contribution < 1.29 is 254 Å². The van der Waals surface area contributed by atoms with Crippen molar-refractivity contribution in [1.82, 2.24) is 20.4 Å². The molecule has 3 fully saturated rings. The Labute approximate surface area is 535 Å². The molecule has 3 aliphatic heterocycles. The van der Waals surface area contributed by atoms with E-state index < -0.39 is 37.3 Å². The maximum atomic E-state index is 12.3. The van der Waals surface area contributed by atoms with Gasteiger partial charge in [-0.15, -0.1) is 0 Å². The molecule has 0 aromatic rings. The largest absolute Gasteiger partial charge is 0 e. The standard InChI is InChI=1S/C22H38B3N5O8P.C5H8BO2.C5H7BO.2HP.2U.2V.2W.2Y/c1-39(35,37-16-17-4-5-18(25)38-17)36-11-3-2-7-27-19(31)15-30(22(34)13-24)10-8-28-20(32)14-29(9-6-26)21(33)12-23;1-3-4(7)2-5(6)8-3;1-4-2-3-5(6)7-4;;;;;;;;;;/h4,17-18H,2-3,5-16,26H2,1H3,(H,27,31)(H,28,32);3-5,7H,1-2H2;2,4-5H,1,3H2;2*1H;;;;;;;;/q2*-1;-2;;;;;;;;;;. The Morgan fingerprint density at radius 1 is 0.828 bits per heavy atom. The van der Waals surface area contributed by atoms with Crippen LogP contribution in [0.15, 0.2) is 0 Å². The fourth-order valence-corrected chi connectivity index (χ4v) is 5.78. The maximum Gasteiger partial charge on any atom is 0 e. The molecule has 0 aromatic heterocycles. The summed E-state index contributed by atoms with van der Waals surface area (Å²) in [6.45, 7) is 15.2. The number of carbonyl (C=O) groups excluding carboxylic acids is 4. The first-order valence-corrected chi connectivity index (χ1v) is 29.8. The molecule has 5 N–H and O–H groups in total. The van der Waals surface area contributed by atoms with E-state index in [1.807, 2.05) is 12.8 Å². The van der Waals surface area contributed by atoms with Crippen molar-refractivity contribution in [1.29, 1.82) is 0 Å². The predicted octanol–water partition coefficient (Wildman–Crippen LogP) is -0.922. The van der Waals surface area contributed by atoms with Gasteiger partial charge in [-0.3, -0.25) is 30.2 Å². The van der Waals surface area contributed by atoms with E-state index in [9.17, 15) is 23.7 Å². The van der Waals surface area contributed by atoms with Gasteiger partial charge in [-0.05, 0) is 56.1 Å². The van der Waals surface area contributed by atoms with Gasteiger partial charge in [-0.1, -0.05) is 0 Å². The molecule has 8 atom stereocenters. The van der Waals surface area contributed by atoms with Gasteiger partial charge in [0.25, 0.3) is 0 Å². The summed E-state index contributed by atoms with van der Waals surface area (Å²) in [7, 11) is 23.8. The fourth-order valence-electron chi connectivity index (χ4n) is 4.83. The van der Waals surface area contributed by atoms with Crippen molar-refractivity contribution in [3.8, 4) is 0 Å². The van der Waals surface area contributed by atoms with Crippen LogP contribution in [0.3, 0.4) is 0 Å². The first kappa shape index (κ1) is 86.3. The molecule has 0 aromatic carbocycles. The summed E-state index contributed by atoms with van der Waals surface area (Å²) in [4.78, 5) is 50.8. The van der Waals surface area contributed by atoms with Gasteiger partial charge in [0.15, 0.2) is 0 Å². The summed E-state index contributed by atoms with van der Waals surface area (Å²) in [6, 6.07) is -0.778. The molecule has 3 heterocycles. The second-order valence-electron chi connectivity index (χ2n) is 12.5. The first-order valence-electron chi connectivity index (χ1n) is 18.2. The molecule has 8 unspecified atom stereocenters. The quantitative estimate of drug-likeness (QED) is 0.0506. The molecule has 0 spiro atoms. The normalized spacial score (nSPS) is 21.7. The minimum atomic E-state index is -3.25. The molecule has 0 aliphatic carbocycles. The van der Waals surface area contributed by atoms with Crippen LogP contribution < -0.4 is 16.4 Å². The Kier molecular flexibility index (Phi) is 74.0. The van der Waals surface area contributed by atoms with Gasteiger partial charge in [-0.25, -0.2) is 0 Å². The summed E-state index contributed by atoms with van der Waals surface area (Å²) in [5.74, 6) is -1.72. The molecule has 16 nitrogen and oxygen atoms in total. The van der Waals surface area contributed by atoms with Crippen molar-refractivity contribution in [3.05, 3.63) is 26.7 Å². The van der Waals surface area contributed by atoms with Crippen molar-refractivity contribution in [2.45, 2.75) is 87.2 Å². The van der Waals surface area contributed by atoms with Crippen molar-refractivity contribution in [3.63, 3.8) is 0 Å². The van der Waals surface area contributed by atoms with E-state index in [1.165, 1.54) is 54.1 Å². The van der Waals surface area contributed by atoms with Crippen LogP contribution in [0.5, 0.6) is 0 Å². The second-order valence-corrected chi connectivity index (χ2v) is 14.6. The van der Waals surface area contributed by atoms with E-state index in [2.05, 4.69) is 38.2 Å². The number of hydrogen-bond acceptors (Lipinski definition) is 12. The van der Waals surface area contributed by atoms with E-state index in [1.54, 1.807) is 0 Å². The van der Waals surface area contributed by atoms with Crippen LogP contribution in [0.25, 0.3) is 0 Å². The summed E-state index contributed by atoms with van der Waals surface area (Å²) in [5, 5.41) is 14.2. The fraction of sp³-hybridized carbons (Fsp3) is 0.750. The molecular formula is C32H55B5N5O11P3U2V2W2Y2-4. The van der Waals surface area contributed by atoms with E-state index in [4.69, 9.17) is 73.3 Å². The van der Waals surface area contributed by atoms with Gasteiger partial charge >= 0.3 is 59.0 Å². The summed E-state index contributed by atoms with van der Waals surface area (Å²) >= 11 is 2.78. The van der Waals surface area contributed by atoms with Crippen LogP contribution >= 0.6 is 21.3 Å². The van der Waals surface area contributed by atoms with E-state index in [-0.39, 0.29) is 266 Å². The second kappa shape index (κ2) is 54.9. The van der Waals surface area contributed by atoms with Crippen LogP contribution in [0.1, 0.15) is 32.1 Å². The number of aliphatic hydroxyl groups excluding tert-OH is 1. The molecule has 4 amide bonds. The molecule has 3 aliphatic rings. The molecule has 344 valence electrons. The van der Waals surface area contributed by atoms with Crippen LogP contribution in [-0.4, -0.2) is 186 Å². The predicted molar refractivity (Wildman–Crippen MR) is 223 cm³/mol. The number of nitrogens with one attached hydrogen (secondary N) is 2. The Morgan fingerprint density at radius 2 is 1.31 bits per heavy atom. The zero-order valence-electron chi connectivity index (χ0n) is 36.1. The number of aliphatic hydroxyl groups is 1. The third-order valence-electron chi connectivity index (χ3n) is 7.73. The number of nitrogens with zero attached hydrogens (tertiary/aromatic N) is 2. The monoisotopic (exact) mass is 1960 g/mol. The average molecular weight is 1960 g/mol. The van der Waals surface area contributed by atoms with Gasteiger partial charge in [0.1, 0.15) is 23.5 Å². The zero-order valence-corrected chi connectivity index (χ0v) is 61.7. The number of carbonyl (C=O) groups is 4. The summed E-state index contributed by atoms with van der Waals surface area (Å²) < 4.78 is 38.2. The number of unbranched alkanes of at least 4 members (excludes halogenated alkanes) is 1.